The Bertz CT molecular complexity index is 1080. The van der Waals surface area contributed by atoms with Gasteiger partial charge in [-0.15, -0.1) is 0 Å². The van der Waals surface area contributed by atoms with Crippen LogP contribution in [0.5, 0.6) is 0 Å². The minimum Gasteiger partial charge on any atom is -0.465 e. The van der Waals surface area contributed by atoms with Gasteiger partial charge in [0, 0.05) is 44.1 Å². The number of esters is 1. The number of rotatable bonds is 13. The number of ketones is 1. The molecule has 2 heterocycles. The fourth-order valence-corrected chi connectivity index (χ4v) is 7.94. The molecule has 3 fully saturated rings. The van der Waals surface area contributed by atoms with Gasteiger partial charge in [0.1, 0.15) is 17.7 Å². The lowest BCUT2D eigenvalue weighted by Crippen LogP contribution is -2.62. The first-order chi connectivity index (χ1) is 18.0. The Labute approximate surface area is 225 Å². The molecule has 1 amide bonds. The summed E-state index contributed by atoms with van der Waals surface area (Å²) in [5.74, 6) is -0.626. The molecule has 1 saturated carbocycles. The molecule has 2 aliphatic heterocycles. The molecule has 0 aromatic heterocycles. The molecule has 1 spiro atoms. The molecule has 3 aliphatic rings. The Hall–Kier alpha value is -2.06. The molecule has 38 heavy (non-hydrogen) atoms. The Morgan fingerprint density at radius 2 is 1.82 bits per heavy atom. The highest BCUT2D eigenvalue weighted by atomic mass is 31.2. The molecule has 1 aromatic rings. The molecule has 5 unspecified atom stereocenters. The van der Waals surface area contributed by atoms with Crippen molar-refractivity contribution in [1.82, 2.24) is 5.32 Å². The fraction of sp³-hybridized carbons (Fsp3) is 0.679. The Kier molecular flexibility index (Phi) is 8.82. The van der Waals surface area contributed by atoms with Gasteiger partial charge in [-0.1, -0.05) is 18.2 Å². The third-order valence-corrected chi connectivity index (χ3v) is 10.4. The zero-order chi connectivity index (χ0) is 27.6. The van der Waals surface area contributed by atoms with Gasteiger partial charge in [-0.3, -0.25) is 18.9 Å². The van der Waals surface area contributed by atoms with Crippen LogP contribution in [0.2, 0.25) is 0 Å². The average molecular weight is 550 g/mol. The normalized spacial score (nSPS) is 30.4. The molecule has 210 valence electrons. The van der Waals surface area contributed by atoms with E-state index in [2.05, 4.69) is 19.4 Å². The summed E-state index contributed by atoms with van der Waals surface area (Å²) < 4.78 is 25.5. The monoisotopic (exact) mass is 549 g/mol. The predicted molar refractivity (Wildman–Crippen MR) is 143 cm³/mol. The first-order valence-electron chi connectivity index (χ1n) is 13.8. The summed E-state index contributed by atoms with van der Waals surface area (Å²) in [4.78, 5) is 47.0. The number of nitrogens with zero attached hydrogens (tertiary/aromatic N) is 1. The molecule has 2 N–H and O–H groups in total. The van der Waals surface area contributed by atoms with Crippen LogP contribution in [-0.2, 0) is 28.2 Å². The number of carbonyl (C=O) groups is 3. The second-order valence-electron chi connectivity index (χ2n) is 11.8. The van der Waals surface area contributed by atoms with Gasteiger partial charge in [0.25, 0.3) is 0 Å². The van der Waals surface area contributed by atoms with Crippen molar-refractivity contribution in [3.8, 4) is 0 Å². The topological polar surface area (TPSA) is 119 Å². The number of piperidine rings is 1. The van der Waals surface area contributed by atoms with E-state index in [0.29, 0.717) is 44.7 Å². The minimum absolute atomic E-state index is 0.0489. The van der Waals surface area contributed by atoms with Gasteiger partial charge in [-0.05, 0) is 44.7 Å². The van der Waals surface area contributed by atoms with E-state index in [0.717, 1.165) is 30.2 Å². The standard InChI is InChI=1S/C28H41N2O7P/c1-20(31)15-16-29-25(32)12-8-5-9-17-36-27(33)26-23-14-13-21(30(23,2)3)18-28(26)19-24(28)37-38(34,35)22-10-6-4-7-11-22/h4,6-7,10-11,21,23-24,26H,5,8-9,12-19H2,1-3H3,(H-,29,32,34,35)/p+1/t21?,23?,24?,26-,28?/m0/s1. The van der Waals surface area contributed by atoms with Crippen LogP contribution in [-0.4, -0.2) is 72.5 Å². The van der Waals surface area contributed by atoms with Gasteiger partial charge in [0.15, 0.2) is 0 Å². The van der Waals surface area contributed by atoms with E-state index >= 15 is 0 Å². The second kappa shape index (κ2) is 11.6. The number of ether oxygens (including phenoxy) is 1. The van der Waals surface area contributed by atoms with Gasteiger partial charge in [-0.25, -0.2) is 0 Å². The number of quaternary nitrogens is 1. The molecular weight excluding hydrogens is 507 g/mol. The lowest BCUT2D eigenvalue weighted by Gasteiger charge is -2.48. The number of hydrogen-bond acceptors (Lipinski definition) is 6. The highest BCUT2D eigenvalue weighted by Gasteiger charge is 2.74. The van der Waals surface area contributed by atoms with E-state index in [1.165, 1.54) is 6.92 Å². The molecule has 4 rings (SSSR count). The molecule has 1 aliphatic carbocycles. The van der Waals surface area contributed by atoms with E-state index in [-0.39, 0.29) is 41.5 Å². The van der Waals surface area contributed by atoms with Crippen LogP contribution in [0.25, 0.3) is 0 Å². The van der Waals surface area contributed by atoms with Crippen molar-refractivity contribution < 1.29 is 37.6 Å². The van der Waals surface area contributed by atoms with E-state index in [1.54, 1.807) is 30.3 Å². The molecule has 10 heteroatoms. The third kappa shape index (κ3) is 6.22. The number of benzene rings is 1. The number of carbonyl (C=O) groups excluding carboxylic acids is 3. The van der Waals surface area contributed by atoms with Crippen molar-refractivity contribution in [2.24, 2.45) is 11.3 Å². The number of hydrogen-bond donors (Lipinski definition) is 2. The average Bonchev–Trinajstić information content (AvgIpc) is 3.49. The highest BCUT2D eigenvalue weighted by Crippen LogP contribution is 2.68. The van der Waals surface area contributed by atoms with E-state index in [9.17, 15) is 23.8 Å². The summed E-state index contributed by atoms with van der Waals surface area (Å²) in [6, 6.07) is 8.92. The molecule has 6 atom stereocenters. The lowest BCUT2D eigenvalue weighted by molar-refractivity contribution is -0.935. The van der Waals surface area contributed by atoms with Crippen LogP contribution in [0.4, 0.5) is 0 Å². The maximum atomic E-state index is 13.5. The van der Waals surface area contributed by atoms with E-state index in [1.807, 2.05) is 0 Å². The van der Waals surface area contributed by atoms with Crippen molar-refractivity contribution in [2.75, 3.05) is 27.2 Å². The van der Waals surface area contributed by atoms with Gasteiger partial charge in [-0.2, -0.15) is 0 Å². The fourth-order valence-electron chi connectivity index (χ4n) is 6.64. The van der Waals surface area contributed by atoms with Crippen LogP contribution in [0.15, 0.2) is 30.3 Å². The first-order valence-corrected chi connectivity index (χ1v) is 15.4. The Balaban J connectivity index is 1.31. The van der Waals surface area contributed by atoms with Gasteiger partial charge < -0.3 is 24.0 Å². The zero-order valence-corrected chi connectivity index (χ0v) is 23.7. The lowest BCUT2D eigenvalue weighted by atomic mass is 9.75. The van der Waals surface area contributed by atoms with Crippen molar-refractivity contribution in [3.05, 3.63) is 30.3 Å². The van der Waals surface area contributed by atoms with E-state index < -0.39 is 19.1 Å². The Morgan fingerprint density at radius 1 is 1.08 bits per heavy atom. The number of fused-ring (bicyclic) bond motifs is 2. The summed E-state index contributed by atoms with van der Waals surface area (Å²) in [5.41, 5.74) is -0.457. The maximum Gasteiger partial charge on any atom is 0.359 e. The SMILES string of the molecule is CC(=O)CCNC(=O)CCCCCOC(=O)[C@@H]1C2CCC(CC13CC3OP(=O)(O)c1ccccc1)[N+]2(C)C. The molecule has 2 saturated heterocycles. The number of nitrogens with one attached hydrogen (secondary N) is 1. The highest BCUT2D eigenvalue weighted by molar-refractivity contribution is 7.61. The predicted octanol–water partition coefficient (Wildman–Crippen LogP) is 3.10. The van der Waals surface area contributed by atoms with Crippen LogP contribution >= 0.6 is 7.60 Å². The second-order valence-corrected chi connectivity index (χ2v) is 13.5. The van der Waals surface area contributed by atoms with Crippen molar-refractivity contribution in [1.29, 1.82) is 0 Å². The van der Waals surface area contributed by atoms with Crippen molar-refractivity contribution in [3.63, 3.8) is 0 Å². The number of amides is 1. The molecule has 2 bridgehead atoms. The van der Waals surface area contributed by atoms with Crippen LogP contribution in [0, 0.1) is 11.3 Å². The van der Waals surface area contributed by atoms with E-state index in [4.69, 9.17) is 9.26 Å². The van der Waals surface area contributed by atoms with Crippen LogP contribution in [0.1, 0.15) is 64.7 Å². The van der Waals surface area contributed by atoms with Crippen LogP contribution in [0.3, 0.4) is 0 Å². The van der Waals surface area contributed by atoms with Gasteiger partial charge in [0.2, 0.25) is 5.91 Å². The van der Waals surface area contributed by atoms with Crippen molar-refractivity contribution in [2.45, 2.75) is 82.9 Å². The zero-order valence-electron chi connectivity index (χ0n) is 22.8. The summed E-state index contributed by atoms with van der Waals surface area (Å²) in [7, 11) is 0.353. The van der Waals surface area contributed by atoms with Gasteiger partial charge >= 0.3 is 13.6 Å². The number of unbranched alkanes of at least 4 members (excludes halogenated alkanes) is 2. The smallest absolute Gasteiger partial charge is 0.359 e. The van der Waals surface area contributed by atoms with Crippen molar-refractivity contribution >= 4 is 30.6 Å². The summed E-state index contributed by atoms with van der Waals surface area (Å²) in [5, 5.41) is 3.01. The quantitative estimate of drug-likeness (QED) is 0.168. The largest absolute Gasteiger partial charge is 0.465 e. The van der Waals surface area contributed by atoms with Crippen LogP contribution < -0.4 is 10.6 Å². The maximum absolute atomic E-state index is 13.5. The summed E-state index contributed by atoms with van der Waals surface area (Å²) in [6.07, 6.45) is 5.73. The summed E-state index contributed by atoms with van der Waals surface area (Å²) >= 11 is 0. The van der Waals surface area contributed by atoms with Gasteiger partial charge in [0.05, 0.1) is 38.2 Å². The Morgan fingerprint density at radius 3 is 2.53 bits per heavy atom. The third-order valence-electron chi connectivity index (χ3n) is 8.96. The minimum atomic E-state index is -4.00. The molecule has 0 radical (unpaired) electrons. The molecule has 9 nitrogen and oxygen atoms in total. The first kappa shape index (κ1) is 28.9. The molecular formula is C28H42N2O7P+. The summed E-state index contributed by atoms with van der Waals surface area (Å²) in [6.45, 7) is 2.16. The number of Topliss-reactive ketones (excluding diaryl/α,β-unsaturated/α-hetero) is 1. The molecule has 1 aromatic carbocycles.